The molecule has 0 aliphatic rings. The Balaban J connectivity index is 0.00000385. The van der Waals surface area contributed by atoms with Crippen LogP contribution in [0.1, 0.15) is 30.3 Å². The van der Waals surface area contributed by atoms with Gasteiger partial charge in [0.1, 0.15) is 5.82 Å². The number of rotatable bonds is 11. The van der Waals surface area contributed by atoms with Crippen molar-refractivity contribution in [3.05, 3.63) is 90.0 Å². The number of benzene rings is 2. The minimum atomic E-state index is 0. The van der Waals surface area contributed by atoms with E-state index in [2.05, 4.69) is 98.6 Å². The lowest BCUT2D eigenvalue weighted by atomic mass is 10.1. The molecule has 0 bridgehead atoms. The van der Waals surface area contributed by atoms with Gasteiger partial charge in [0.2, 0.25) is 0 Å². The van der Waals surface area contributed by atoms with Crippen molar-refractivity contribution in [3.63, 3.8) is 0 Å². The van der Waals surface area contributed by atoms with Crippen molar-refractivity contribution in [1.82, 2.24) is 25.1 Å². The normalized spacial score (nSPS) is 12.3. The fourth-order valence-electron chi connectivity index (χ4n) is 3.65. The Kier molecular flexibility index (Phi) is 12.0. The van der Waals surface area contributed by atoms with E-state index >= 15 is 0 Å². The standard InChI is InChI=1S/C26H36N6.HI/c1-22(31(3)20-23-10-6-4-7-11-23)14-16-29-26(27-2)30-17-15-25-28-18-19-32(25)21-24-12-8-5-9-13-24;/h4-13,18-19,22H,14-17,20-21H2,1-3H3,(H2,27,29,30);1H. The van der Waals surface area contributed by atoms with Gasteiger partial charge in [-0.15, -0.1) is 24.0 Å². The molecule has 0 saturated heterocycles. The van der Waals surface area contributed by atoms with E-state index < -0.39 is 0 Å². The molecule has 1 atom stereocenters. The van der Waals surface area contributed by atoms with E-state index in [9.17, 15) is 0 Å². The van der Waals surface area contributed by atoms with E-state index in [0.29, 0.717) is 6.04 Å². The van der Waals surface area contributed by atoms with Gasteiger partial charge in [0, 0.05) is 58.1 Å². The van der Waals surface area contributed by atoms with Gasteiger partial charge in [0.25, 0.3) is 0 Å². The minimum absolute atomic E-state index is 0. The van der Waals surface area contributed by atoms with Crippen molar-refractivity contribution in [2.24, 2.45) is 4.99 Å². The summed E-state index contributed by atoms with van der Waals surface area (Å²) in [6.45, 7) is 5.74. The van der Waals surface area contributed by atoms with Crippen LogP contribution >= 0.6 is 24.0 Å². The van der Waals surface area contributed by atoms with E-state index in [4.69, 9.17) is 0 Å². The van der Waals surface area contributed by atoms with Crippen LogP contribution in [0.2, 0.25) is 0 Å². The van der Waals surface area contributed by atoms with Gasteiger partial charge in [-0.25, -0.2) is 4.98 Å². The van der Waals surface area contributed by atoms with E-state index in [0.717, 1.165) is 50.8 Å². The fraction of sp³-hybridized carbons (Fsp3) is 0.385. The van der Waals surface area contributed by atoms with Gasteiger partial charge in [-0.2, -0.15) is 0 Å². The Morgan fingerprint density at radius 2 is 1.64 bits per heavy atom. The highest BCUT2D eigenvalue weighted by molar-refractivity contribution is 14.0. The second-order valence-electron chi connectivity index (χ2n) is 8.17. The van der Waals surface area contributed by atoms with E-state index in [-0.39, 0.29) is 24.0 Å². The number of halogens is 1. The van der Waals surface area contributed by atoms with Crippen molar-refractivity contribution in [3.8, 4) is 0 Å². The fourth-order valence-corrected chi connectivity index (χ4v) is 3.65. The Morgan fingerprint density at radius 1 is 1.00 bits per heavy atom. The molecule has 2 aromatic carbocycles. The highest BCUT2D eigenvalue weighted by Crippen LogP contribution is 2.08. The molecule has 1 heterocycles. The lowest BCUT2D eigenvalue weighted by Gasteiger charge is -2.25. The van der Waals surface area contributed by atoms with Gasteiger partial charge < -0.3 is 15.2 Å². The van der Waals surface area contributed by atoms with Crippen LogP contribution in [0, 0.1) is 0 Å². The van der Waals surface area contributed by atoms with Gasteiger partial charge in [-0.05, 0) is 31.5 Å². The number of nitrogens with zero attached hydrogens (tertiary/aromatic N) is 4. The summed E-state index contributed by atoms with van der Waals surface area (Å²) in [5.74, 6) is 1.91. The molecule has 2 N–H and O–H groups in total. The molecule has 0 aliphatic heterocycles. The molecule has 1 aromatic heterocycles. The highest BCUT2D eigenvalue weighted by atomic mass is 127. The second kappa shape index (κ2) is 14.7. The Hall–Kier alpha value is -2.39. The van der Waals surface area contributed by atoms with Crippen LogP contribution in [0.15, 0.2) is 78.0 Å². The quantitative estimate of drug-likeness (QED) is 0.210. The number of hydrogen-bond donors (Lipinski definition) is 2. The van der Waals surface area contributed by atoms with Crippen molar-refractivity contribution >= 4 is 29.9 Å². The summed E-state index contributed by atoms with van der Waals surface area (Å²) in [7, 11) is 4.00. The molecule has 178 valence electrons. The summed E-state index contributed by atoms with van der Waals surface area (Å²) in [5, 5.41) is 6.85. The maximum Gasteiger partial charge on any atom is 0.190 e. The SMILES string of the molecule is CN=C(NCCc1nccn1Cc1ccccc1)NCCC(C)N(C)Cc1ccccc1.I. The number of hydrogen-bond acceptors (Lipinski definition) is 3. The van der Waals surface area contributed by atoms with Crippen LogP contribution in [0.3, 0.4) is 0 Å². The Morgan fingerprint density at radius 3 is 2.30 bits per heavy atom. The Labute approximate surface area is 215 Å². The van der Waals surface area contributed by atoms with Gasteiger partial charge in [0.15, 0.2) is 5.96 Å². The number of aromatic nitrogens is 2. The molecule has 6 nitrogen and oxygen atoms in total. The van der Waals surface area contributed by atoms with Crippen LogP contribution in [-0.4, -0.2) is 53.6 Å². The summed E-state index contributed by atoms with van der Waals surface area (Å²) >= 11 is 0. The lowest BCUT2D eigenvalue weighted by molar-refractivity contribution is 0.238. The molecule has 1 unspecified atom stereocenters. The molecule has 0 fully saturated rings. The topological polar surface area (TPSA) is 57.5 Å². The monoisotopic (exact) mass is 560 g/mol. The summed E-state index contributed by atoms with van der Waals surface area (Å²) in [4.78, 5) is 11.3. The molecule has 7 heteroatoms. The molecule has 3 rings (SSSR count). The van der Waals surface area contributed by atoms with E-state index in [1.165, 1.54) is 11.1 Å². The van der Waals surface area contributed by atoms with Crippen molar-refractivity contribution in [2.75, 3.05) is 27.2 Å². The third-order valence-electron chi connectivity index (χ3n) is 5.74. The van der Waals surface area contributed by atoms with Crippen LogP contribution in [0.5, 0.6) is 0 Å². The van der Waals surface area contributed by atoms with E-state index in [1.54, 1.807) is 0 Å². The number of aliphatic imine (C=N–C) groups is 1. The molecule has 0 spiro atoms. The zero-order valence-electron chi connectivity index (χ0n) is 19.9. The number of nitrogens with one attached hydrogen (secondary N) is 2. The molecule has 33 heavy (non-hydrogen) atoms. The van der Waals surface area contributed by atoms with Crippen LogP contribution < -0.4 is 10.6 Å². The molecular weight excluding hydrogens is 523 g/mol. The first-order chi connectivity index (χ1) is 15.7. The average molecular weight is 561 g/mol. The summed E-state index contributed by atoms with van der Waals surface area (Å²) < 4.78 is 2.21. The zero-order chi connectivity index (χ0) is 22.6. The molecule has 0 aliphatic carbocycles. The first kappa shape index (κ1) is 26.9. The van der Waals surface area contributed by atoms with Gasteiger partial charge in [-0.3, -0.25) is 9.89 Å². The van der Waals surface area contributed by atoms with Crippen molar-refractivity contribution < 1.29 is 0 Å². The molecule has 0 radical (unpaired) electrons. The predicted molar refractivity (Wildman–Crippen MR) is 148 cm³/mol. The van der Waals surface area contributed by atoms with Crippen LogP contribution in [0.4, 0.5) is 0 Å². The third-order valence-corrected chi connectivity index (χ3v) is 5.74. The van der Waals surface area contributed by atoms with Gasteiger partial charge in [-0.1, -0.05) is 60.7 Å². The van der Waals surface area contributed by atoms with Crippen LogP contribution in [0.25, 0.3) is 0 Å². The molecule has 3 aromatic rings. The van der Waals surface area contributed by atoms with Crippen molar-refractivity contribution in [1.29, 1.82) is 0 Å². The largest absolute Gasteiger partial charge is 0.356 e. The second-order valence-corrected chi connectivity index (χ2v) is 8.17. The van der Waals surface area contributed by atoms with Gasteiger partial charge in [0.05, 0.1) is 0 Å². The van der Waals surface area contributed by atoms with E-state index in [1.807, 2.05) is 25.5 Å². The summed E-state index contributed by atoms with van der Waals surface area (Å²) in [6, 6.07) is 21.6. The van der Waals surface area contributed by atoms with Gasteiger partial charge >= 0.3 is 0 Å². The highest BCUT2D eigenvalue weighted by Gasteiger charge is 2.10. The summed E-state index contributed by atoms with van der Waals surface area (Å²) in [6.07, 6.45) is 5.81. The maximum atomic E-state index is 4.53. The minimum Gasteiger partial charge on any atom is -0.356 e. The number of imidazole rings is 1. The predicted octanol–water partition coefficient (Wildman–Crippen LogP) is 4.17. The summed E-state index contributed by atoms with van der Waals surface area (Å²) in [5.41, 5.74) is 2.63. The zero-order valence-corrected chi connectivity index (χ0v) is 22.3. The maximum absolute atomic E-state index is 4.53. The number of guanidine groups is 1. The molecular formula is C26H37IN6. The average Bonchev–Trinajstić information content (AvgIpc) is 3.26. The van der Waals surface area contributed by atoms with Crippen LogP contribution in [-0.2, 0) is 19.5 Å². The third kappa shape index (κ3) is 9.17. The first-order valence-corrected chi connectivity index (χ1v) is 11.4. The van der Waals surface area contributed by atoms with Crippen molar-refractivity contribution in [2.45, 2.75) is 38.9 Å². The molecule has 0 saturated carbocycles. The molecule has 0 amide bonds. The first-order valence-electron chi connectivity index (χ1n) is 11.4. The lowest BCUT2D eigenvalue weighted by Crippen LogP contribution is -2.40. The Bertz CT molecular complexity index is 942. The smallest absolute Gasteiger partial charge is 0.190 e.